The molecule has 0 aliphatic heterocycles. The second-order valence-corrected chi connectivity index (χ2v) is 1.29. The van der Waals surface area contributed by atoms with E-state index >= 15 is 0 Å². The molecule has 9 heavy (non-hydrogen) atoms. The van der Waals surface area contributed by atoms with Crippen molar-refractivity contribution in [2.45, 2.75) is 12.8 Å². The molecule has 0 bridgehead atoms. The fourth-order valence-corrected chi connectivity index (χ4v) is 0.214. The third-order valence-electron chi connectivity index (χ3n) is 0.553. The van der Waals surface area contributed by atoms with Crippen LogP contribution in [0, 0.1) is 0 Å². The van der Waals surface area contributed by atoms with Crippen LogP contribution in [0.1, 0.15) is 12.8 Å². The topological polar surface area (TPSA) is 74.6 Å². The first-order valence-electron chi connectivity index (χ1n) is 2.06. The summed E-state index contributed by atoms with van der Waals surface area (Å²) in [6, 6.07) is 0. The van der Waals surface area contributed by atoms with Crippen molar-refractivity contribution < 1.29 is 19.8 Å². The third kappa shape index (κ3) is 11.4. The predicted octanol–water partition coefficient (Wildman–Crippen LogP) is -1.25. The monoisotopic (exact) mass is 236 g/mol. The van der Waals surface area contributed by atoms with Gasteiger partial charge in [-0.2, -0.15) is 0 Å². The molecule has 0 rings (SSSR count). The Morgan fingerprint density at radius 1 is 1.00 bits per heavy atom. The second kappa shape index (κ2) is 5.94. The van der Waals surface area contributed by atoms with E-state index in [1.165, 1.54) is 0 Å². The summed E-state index contributed by atoms with van der Waals surface area (Å²) < 4.78 is 0. The average molecular weight is 236 g/mol. The van der Waals surface area contributed by atoms with Crippen molar-refractivity contribution in [3.8, 4) is 0 Å². The number of carbonyl (C=O) groups is 2. The Morgan fingerprint density at radius 2 is 1.22 bits per heavy atom. The summed E-state index contributed by atoms with van der Waals surface area (Å²) in [6.45, 7) is 0. The summed E-state index contributed by atoms with van der Waals surface area (Å²) in [5.74, 6) is -2.15. The SMILES string of the molecule is O=C(O)CCC(=O)O.[InH3]. The molecule has 0 unspecified atom stereocenters. The molecule has 0 spiro atoms. The molecule has 0 aliphatic carbocycles. The second-order valence-electron chi connectivity index (χ2n) is 1.29. The van der Waals surface area contributed by atoms with Crippen molar-refractivity contribution in [1.82, 2.24) is 0 Å². The van der Waals surface area contributed by atoms with Crippen LogP contribution in [0.25, 0.3) is 0 Å². The van der Waals surface area contributed by atoms with Crippen LogP contribution in [-0.4, -0.2) is 48.0 Å². The van der Waals surface area contributed by atoms with Gasteiger partial charge in [-0.05, 0) is 0 Å². The van der Waals surface area contributed by atoms with Gasteiger partial charge >= 0.3 is 37.8 Å². The zero-order valence-electron chi connectivity index (χ0n) is 4.13. The predicted molar refractivity (Wildman–Crippen MR) is 34.4 cm³/mol. The summed E-state index contributed by atoms with van der Waals surface area (Å²) in [7, 11) is 0. The molecule has 0 atom stereocenters. The van der Waals surface area contributed by atoms with Crippen LogP contribution in [0.5, 0.6) is 0 Å². The maximum absolute atomic E-state index is 9.64. The Balaban J connectivity index is 0. The summed E-state index contributed by atoms with van der Waals surface area (Å²) in [5, 5.41) is 15.8. The Morgan fingerprint density at radius 3 is 1.33 bits per heavy atom. The molecule has 0 aromatic heterocycles. The van der Waals surface area contributed by atoms with Gasteiger partial charge in [-0.3, -0.25) is 9.59 Å². The molecule has 0 saturated heterocycles. The normalized spacial score (nSPS) is 7.56. The molecule has 0 radical (unpaired) electrons. The summed E-state index contributed by atoms with van der Waals surface area (Å²) in [4.78, 5) is 19.3. The van der Waals surface area contributed by atoms with E-state index in [0.29, 0.717) is 0 Å². The van der Waals surface area contributed by atoms with Crippen LogP contribution < -0.4 is 0 Å². The van der Waals surface area contributed by atoms with Gasteiger partial charge in [-0.25, -0.2) is 0 Å². The standard InChI is InChI=1S/C4H6O4.In.3H/c5-3(6)1-2-4(7)8;;;;/h1-2H2,(H,5,6)(H,7,8);;;;. The van der Waals surface area contributed by atoms with Crippen molar-refractivity contribution >= 4 is 37.8 Å². The fraction of sp³-hybridized carbons (Fsp3) is 0.500. The number of rotatable bonds is 3. The molecule has 0 saturated carbocycles. The van der Waals surface area contributed by atoms with Gasteiger partial charge in [0.2, 0.25) is 0 Å². The summed E-state index contributed by atoms with van der Waals surface area (Å²) >= 11 is 0. The molecule has 0 amide bonds. The zero-order chi connectivity index (χ0) is 6.57. The van der Waals surface area contributed by atoms with E-state index in [4.69, 9.17) is 10.2 Å². The molecule has 0 fully saturated rings. The Labute approximate surface area is 70.7 Å². The van der Waals surface area contributed by atoms with Crippen LogP contribution in [0.2, 0.25) is 0 Å². The molecule has 4 nitrogen and oxygen atoms in total. The van der Waals surface area contributed by atoms with E-state index in [0.717, 1.165) is 0 Å². The molecular weight excluding hydrogens is 227 g/mol. The number of carboxylic acids is 2. The van der Waals surface area contributed by atoms with Crippen molar-refractivity contribution in [3.05, 3.63) is 0 Å². The molecule has 0 aromatic rings. The summed E-state index contributed by atoms with van der Waals surface area (Å²) in [5.41, 5.74) is 0. The molecule has 52 valence electrons. The first-order valence-corrected chi connectivity index (χ1v) is 2.06. The minimum absolute atomic E-state index is 0. The molecular formula is C4H9InO4. The van der Waals surface area contributed by atoms with Crippen LogP contribution in [-0.2, 0) is 9.59 Å². The van der Waals surface area contributed by atoms with E-state index < -0.39 is 11.9 Å². The van der Waals surface area contributed by atoms with Crippen LogP contribution in [0.15, 0.2) is 0 Å². The molecule has 0 heterocycles. The zero-order valence-corrected chi connectivity index (χ0v) is 4.13. The Kier molecular flexibility index (Phi) is 7.65. The van der Waals surface area contributed by atoms with Crippen LogP contribution >= 0.6 is 0 Å². The van der Waals surface area contributed by atoms with Gasteiger partial charge in [0.1, 0.15) is 0 Å². The van der Waals surface area contributed by atoms with Crippen LogP contribution in [0.4, 0.5) is 0 Å². The van der Waals surface area contributed by atoms with E-state index in [2.05, 4.69) is 0 Å². The molecule has 2 N–H and O–H groups in total. The molecule has 5 heteroatoms. The first-order chi connectivity index (χ1) is 3.63. The number of carboxylic acid groups (broad SMARTS) is 2. The summed E-state index contributed by atoms with van der Waals surface area (Å²) in [6.07, 6.45) is -0.593. The first kappa shape index (κ1) is 11.6. The van der Waals surface area contributed by atoms with E-state index in [1.54, 1.807) is 0 Å². The number of hydrogen-bond acceptors (Lipinski definition) is 2. The van der Waals surface area contributed by atoms with Crippen LogP contribution in [0.3, 0.4) is 0 Å². The Bertz CT molecular complexity index is 97.1. The van der Waals surface area contributed by atoms with Crippen molar-refractivity contribution in [1.29, 1.82) is 0 Å². The van der Waals surface area contributed by atoms with Crippen molar-refractivity contribution in [2.24, 2.45) is 0 Å². The maximum atomic E-state index is 9.64. The number of aliphatic carboxylic acids is 2. The van der Waals surface area contributed by atoms with Crippen molar-refractivity contribution in [3.63, 3.8) is 0 Å². The van der Waals surface area contributed by atoms with Gasteiger partial charge in [0, 0.05) is 0 Å². The molecule has 0 aromatic carbocycles. The molecule has 0 aliphatic rings. The quantitative estimate of drug-likeness (QED) is 0.642. The van der Waals surface area contributed by atoms with Gasteiger partial charge in [-0.15, -0.1) is 0 Å². The number of hydrogen-bond donors (Lipinski definition) is 2. The minimum atomic E-state index is -1.08. The Hall–Kier alpha value is -0.190. The van der Waals surface area contributed by atoms with E-state index in [-0.39, 0.29) is 38.7 Å². The van der Waals surface area contributed by atoms with E-state index in [9.17, 15) is 9.59 Å². The third-order valence-corrected chi connectivity index (χ3v) is 0.553. The van der Waals surface area contributed by atoms with Crippen molar-refractivity contribution in [2.75, 3.05) is 0 Å². The van der Waals surface area contributed by atoms with Gasteiger partial charge in [0.15, 0.2) is 0 Å². The van der Waals surface area contributed by atoms with Gasteiger partial charge in [0.25, 0.3) is 0 Å². The fourth-order valence-electron chi connectivity index (χ4n) is 0.214. The van der Waals surface area contributed by atoms with Gasteiger partial charge in [0.05, 0.1) is 12.8 Å². The van der Waals surface area contributed by atoms with E-state index in [1.807, 2.05) is 0 Å². The average Bonchev–Trinajstić information content (AvgIpc) is 1.61. The van der Waals surface area contributed by atoms with Gasteiger partial charge in [-0.1, -0.05) is 0 Å². The van der Waals surface area contributed by atoms with Gasteiger partial charge < -0.3 is 10.2 Å².